The summed E-state index contributed by atoms with van der Waals surface area (Å²) in [5, 5.41) is 6.37. The van der Waals surface area contributed by atoms with E-state index >= 15 is 0 Å². The average Bonchev–Trinajstić information content (AvgIpc) is 2.37. The summed E-state index contributed by atoms with van der Waals surface area (Å²) in [5.74, 6) is 0.596. The molecule has 0 aromatic heterocycles. The molecular weight excluding hydrogens is 369 g/mol. The van der Waals surface area contributed by atoms with Gasteiger partial charge >= 0.3 is 5.97 Å². The van der Waals surface area contributed by atoms with Crippen molar-refractivity contribution in [3.8, 4) is 0 Å². The van der Waals surface area contributed by atoms with Gasteiger partial charge in [-0.05, 0) is 31.6 Å². The van der Waals surface area contributed by atoms with E-state index in [1.807, 2.05) is 6.92 Å². The monoisotopic (exact) mass is 397 g/mol. The number of methoxy groups -OCH3 is 1. The zero-order valence-corrected chi connectivity index (χ0v) is 15.2. The molecule has 0 amide bonds. The second-order valence-corrected chi connectivity index (χ2v) is 5.16. The van der Waals surface area contributed by atoms with Gasteiger partial charge in [-0.15, -0.1) is 24.0 Å². The Morgan fingerprint density at radius 2 is 2.00 bits per heavy atom. The summed E-state index contributed by atoms with van der Waals surface area (Å²) in [6.07, 6.45) is 5.46. The predicted molar refractivity (Wildman–Crippen MR) is 92.6 cm³/mol. The first kappa shape index (κ1) is 19.5. The van der Waals surface area contributed by atoms with Crippen molar-refractivity contribution in [3.63, 3.8) is 0 Å². The highest BCUT2D eigenvalue weighted by Gasteiger charge is 2.34. The molecule has 6 heteroatoms. The topological polar surface area (TPSA) is 62.7 Å². The first-order valence-corrected chi connectivity index (χ1v) is 7.25. The van der Waals surface area contributed by atoms with E-state index in [9.17, 15) is 4.79 Å². The normalized spacial score (nSPS) is 16.6. The van der Waals surface area contributed by atoms with Gasteiger partial charge in [0, 0.05) is 19.6 Å². The van der Waals surface area contributed by atoms with Gasteiger partial charge in [-0.25, -0.2) is 0 Å². The van der Waals surface area contributed by atoms with Crippen molar-refractivity contribution < 1.29 is 9.53 Å². The number of nitrogens with one attached hydrogen (secondary N) is 2. The molecule has 0 unspecified atom stereocenters. The number of aliphatic imine (C=N–C) groups is 1. The molecule has 0 atom stereocenters. The highest BCUT2D eigenvalue weighted by Crippen LogP contribution is 2.43. The van der Waals surface area contributed by atoms with Crippen molar-refractivity contribution in [2.45, 2.75) is 46.0 Å². The number of carbonyl (C=O) groups excluding carboxylic acids is 1. The minimum absolute atomic E-state index is 0. The molecule has 0 aliphatic heterocycles. The van der Waals surface area contributed by atoms with Crippen LogP contribution in [0.1, 0.15) is 46.0 Å². The maximum absolute atomic E-state index is 11.0. The van der Waals surface area contributed by atoms with Crippen molar-refractivity contribution in [2.24, 2.45) is 10.4 Å². The Bertz CT molecular complexity index is 312. The summed E-state index contributed by atoms with van der Waals surface area (Å²) in [6, 6.07) is 0. The van der Waals surface area contributed by atoms with Crippen LogP contribution >= 0.6 is 24.0 Å². The number of hydrogen-bond acceptors (Lipinski definition) is 3. The number of halogens is 1. The smallest absolute Gasteiger partial charge is 0.307 e. The van der Waals surface area contributed by atoms with Crippen molar-refractivity contribution in [1.82, 2.24) is 10.6 Å². The van der Waals surface area contributed by atoms with Gasteiger partial charge in [0.1, 0.15) is 0 Å². The van der Waals surface area contributed by atoms with Crippen LogP contribution in [-0.2, 0) is 9.53 Å². The summed E-state index contributed by atoms with van der Waals surface area (Å²) < 4.78 is 4.61. The number of ether oxygens (including phenoxy) is 1. The molecule has 0 aromatic carbocycles. The van der Waals surface area contributed by atoms with E-state index < -0.39 is 0 Å². The van der Waals surface area contributed by atoms with E-state index in [4.69, 9.17) is 0 Å². The molecule has 2 N–H and O–H groups in total. The van der Waals surface area contributed by atoms with Gasteiger partial charge in [0.25, 0.3) is 0 Å². The fraction of sp³-hybridized carbons (Fsp3) is 0.857. The van der Waals surface area contributed by atoms with Crippen LogP contribution in [0, 0.1) is 5.41 Å². The minimum Gasteiger partial charge on any atom is -0.469 e. The second-order valence-electron chi connectivity index (χ2n) is 5.16. The third-order valence-corrected chi connectivity index (χ3v) is 3.93. The number of guanidine groups is 1. The molecule has 1 aliphatic carbocycles. The average molecular weight is 397 g/mol. The molecule has 1 fully saturated rings. The lowest BCUT2D eigenvalue weighted by atomic mass is 9.67. The van der Waals surface area contributed by atoms with E-state index in [1.165, 1.54) is 32.8 Å². The molecule has 0 saturated heterocycles. The summed E-state index contributed by atoms with van der Waals surface area (Å²) in [5.41, 5.74) is 0.421. The molecule has 1 saturated carbocycles. The van der Waals surface area contributed by atoms with Crippen LogP contribution in [0.3, 0.4) is 0 Å². The standard InChI is InChI=1S/C14H27N3O2.HI/c1-4-14(8-6-9-14)11-17-13(15-5-2)16-10-7-12(18)19-3;/h4-11H2,1-3H3,(H2,15,16,17);1H. The molecule has 0 aromatic rings. The fourth-order valence-corrected chi connectivity index (χ4v) is 2.27. The molecule has 0 bridgehead atoms. The van der Waals surface area contributed by atoms with Crippen molar-refractivity contribution in [2.75, 3.05) is 26.7 Å². The van der Waals surface area contributed by atoms with Gasteiger partial charge in [-0.1, -0.05) is 13.3 Å². The Hall–Kier alpha value is -0.530. The van der Waals surface area contributed by atoms with Crippen LogP contribution in [0.25, 0.3) is 0 Å². The molecular formula is C14H28IN3O2. The quantitative estimate of drug-likeness (QED) is 0.300. The van der Waals surface area contributed by atoms with Gasteiger partial charge in [-0.2, -0.15) is 0 Å². The van der Waals surface area contributed by atoms with Crippen LogP contribution in [0.4, 0.5) is 0 Å². The molecule has 0 heterocycles. The van der Waals surface area contributed by atoms with E-state index in [1.54, 1.807) is 0 Å². The van der Waals surface area contributed by atoms with Crippen molar-refractivity contribution in [3.05, 3.63) is 0 Å². The molecule has 5 nitrogen and oxygen atoms in total. The Kier molecular flexibility index (Phi) is 9.96. The minimum atomic E-state index is -0.202. The molecule has 20 heavy (non-hydrogen) atoms. The van der Waals surface area contributed by atoms with Gasteiger partial charge in [0.15, 0.2) is 5.96 Å². The summed E-state index contributed by atoms with van der Waals surface area (Å²) in [7, 11) is 1.41. The largest absolute Gasteiger partial charge is 0.469 e. The Morgan fingerprint density at radius 1 is 1.30 bits per heavy atom. The maximum atomic E-state index is 11.0. The van der Waals surface area contributed by atoms with E-state index in [-0.39, 0.29) is 29.9 Å². The molecule has 1 rings (SSSR count). The predicted octanol–water partition coefficient (Wildman–Crippen LogP) is 2.30. The Labute approximate surface area is 139 Å². The maximum Gasteiger partial charge on any atom is 0.307 e. The zero-order valence-electron chi connectivity index (χ0n) is 12.8. The lowest BCUT2D eigenvalue weighted by Crippen LogP contribution is -2.40. The van der Waals surface area contributed by atoms with Crippen molar-refractivity contribution in [1.29, 1.82) is 0 Å². The first-order chi connectivity index (χ1) is 9.15. The van der Waals surface area contributed by atoms with Crippen LogP contribution in [0.2, 0.25) is 0 Å². The summed E-state index contributed by atoms with van der Waals surface area (Å²) in [4.78, 5) is 15.7. The van der Waals surface area contributed by atoms with Crippen LogP contribution in [0.15, 0.2) is 4.99 Å². The van der Waals surface area contributed by atoms with Gasteiger partial charge < -0.3 is 15.4 Å². The zero-order chi connectivity index (χ0) is 14.1. The summed E-state index contributed by atoms with van der Waals surface area (Å²) in [6.45, 7) is 6.53. The van der Waals surface area contributed by atoms with E-state index in [0.29, 0.717) is 18.4 Å². The number of nitrogens with zero attached hydrogens (tertiary/aromatic N) is 1. The summed E-state index contributed by atoms with van der Waals surface area (Å²) >= 11 is 0. The van der Waals surface area contributed by atoms with Gasteiger partial charge in [-0.3, -0.25) is 9.79 Å². The highest BCUT2D eigenvalue weighted by atomic mass is 127. The fourth-order valence-electron chi connectivity index (χ4n) is 2.27. The number of esters is 1. The number of hydrogen-bond donors (Lipinski definition) is 2. The molecule has 0 spiro atoms. The number of carbonyl (C=O) groups is 1. The Morgan fingerprint density at radius 3 is 2.45 bits per heavy atom. The molecule has 1 aliphatic rings. The SMILES string of the molecule is CCNC(=NCC1(CC)CCC1)NCCC(=O)OC.I. The van der Waals surface area contributed by atoms with Crippen molar-refractivity contribution >= 4 is 35.9 Å². The lowest BCUT2D eigenvalue weighted by Gasteiger charge is -2.40. The van der Waals surface area contributed by atoms with Gasteiger partial charge in [0.2, 0.25) is 0 Å². The van der Waals surface area contributed by atoms with E-state index in [0.717, 1.165) is 19.0 Å². The van der Waals surface area contributed by atoms with E-state index in [2.05, 4.69) is 27.3 Å². The molecule has 118 valence electrons. The Balaban J connectivity index is 0.00000361. The van der Waals surface area contributed by atoms with Crippen LogP contribution < -0.4 is 10.6 Å². The lowest BCUT2D eigenvalue weighted by molar-refractivity contribution is -0.140. The molecule has 0 radical (unpaired) electrons. The van der Waals surface area contributed by atoms with Crippen LogP contribution in [-0.4, -0.2) is 38.7 Å². The van der Waals surface area contributed by atoms with Gasteiger partial charge in [0.05, 0.1) is 13.5 Å². The highest BCUT2D eigenvalue weighted by molar-refractivity contribution is 14.0. The number of rotatable bonds is 7. The second kappa shape index (κ2) is 10.2. The third-order valence-electron chi connectivity index (χ3n) is 3.93. The third kappa shape index (κ3) is 6.28. The van der Waals surface area contributed by atoms with Crippen LogP contribution in [0.5, 0.6) is 0 Å². The first-order valence-electron chi connectivity index (χ1n) is 7.25.